The van der Waals surface area contributed by atoms with E-state index in [1.807, 2.05) is 12.1 Å². The standard InChI is InChI=1S/C18H17F3N2O2/c1-24-16-6-3-12(9-17(16)25-2)7-8-23-14-5-4-13(11-22)15(10-14)18(19,20)21/h3-6,9-10,23H,7-8H2,1-2H3. The third-order valence-electron chi connectivity index (χ3n) is 3.64. The SMILES string of the molecule is COc1ccc(CCNc2ccc(C#N)c(C(F)(F)F)c2)cc1OC. The minimum Gasteiger partial charge on any atom is -0.493 e. The van der Waals surface area contributed by atoms with Gasteiger partial charge in [-0.3, -0.25) is 0 Å². The highest BCUT2D eigenvalue weighted by Crippen LogP contribution is 2.33. The first-order valence-corrected chi connectivity index (χ1v) is 7.45. The number of halogens is 3. The van der Waals surface area contributed by atoms with Crippen LogP contribution in [0.3, 0.4) is 0 Å². The predicted molar refractivity (Wildman–Crippen MR) is 87.9 cm³/mol. The molecule has 0 atom stereocenters. The lowest BCUT2D eigenvalue weighted by molar-refractivity contribution is -0.137. The largest absolute Gasteiger partial charge is 0.493 e. The lowest BCUT2D eigenvalue weighted by Gasteiger charge is -2.13. The van der Waals surface area contributed by atoms with E-state index in [9.17, 15) is 13.2 Å². The summed E-state index contributed by atoms with van der Waals surface area (Å²) in [5.74, 6) is 1.21. The summed E-state index contributed by atoms with van der Waals surface area (Å²) in [5.41, 5.74) is -0.0642. The molecule has 0 spiro atoms. The van der Waals surface area contributed by atoms with Crippen molar-refractivity contribution >= 4 is 5.69 Å². The molecule has 132 valence electrons. The second-order valence-electron chi connectivity index (χ2n) is 5.24. The zero-order valence-corrected chi connectivity index (χ0v) is 13.8. The summed E-state index contributed by atoms with van der Waals surface area (Å²) >= 11 is 0. The maximum absolute atomic E-state index is 13.0. The molecule has 0 aliphatic heterocycles. The number of nitriles is 1. The number of nitrogens with one attached hydrogen (secondary N) is 1. The van der Waals surface area contributed by atoms with Crippen molar-refractivity contribution in [2.24, 2.45) is 0 Å². The Balaban J connectivity index is 2.06. The summed E-state index contributed by atoms with van der Waals surface area (Å²) in [7, 11) is 3.08. The van der Waals surface area contributed by atoms with Crippen LogP contribution in [0.2, 0.25) is 0 Å². The minimum atomic E-state index is -4.56. The molecule has 0 fully saturated rings. The molecule has 0 radical (unpaired) electrons. The van der Waals surface area contributed by atoms with Crippen molar-refractivity contribution in [2.45, 2.75) is 12.6 Å². The average molecular weight is 350 g/mol. The predicted octanol–water partition coefficient (Wildman–Crippen LogP) is 4.25. The highest BCUT2D eigenvalue weighted by molar-refractivity contribution is 5.53. The second-order valence-corrected chi connectivity index (χ2v) is 5.24. The highest BCUT2D eigenvalue weighted by atomic mass is 19.4. The molecule has 0 heterocycles. The molecule has 7 heteroatoms. The van der Waals surface area contributed by atoms with Gasteiger partial charge in [0.25, 0.3) is 0 Å². The maximum Gasteiger partial charge on any atom is 0.417 e. The summed E-state index contributed by atoms with van der Waals surface area (Å²) in [6, 6.07) is 10.6. The lowest BCUT2D eigenvalue weighted by atomic mass is 10.1. The summed E-state index contributed by atoms with van der Waals surface area (Å²) < 4.78 is 49.2. The third-order valence-corrected chi connectivity index (χ3v) is 3.64. The van der Waals surface area contributed by atoms with Crippen LogP contribution in [0.5, 0.6) is 11.5 Å². The van der Waals surface area contributed by atoms with Crippen LogP contribution < -0.4 is 14.8 Å². The summed E-state index contributed by atoms with van der Waals surface area (Å²) in [4.78, 5) is 0. The molecule has 4 nitrogen and oxygen atoms in total. The van der Waals surface area contributed by atoms with E-state index in [1.165, 1.54) is 19.2 Å². The van der Waals surface area contributed by atoms with E-state index in [1.54, 1.807) is 19.2 Å². The Bertz CT molecular complexity index is 783. The molecule has 1 N–H and O–H groups in total. The van der Waals surface area contributed by atoms with Crippen molar-refractivity contribution in [1.29, 1.82) is 5.26 Å². The van der Waals surface area contributed by atoms with Crippen molar-refractivity contribution in [3.05, 3.63) is 53.1 Å². The van der Waals surface area contributed by atoms with Crippen LogP contribution in [-0.2, 0) is 12.6 Å². The monoisotopic (exact) mass is 350 g/mol. The Morgan fingerprint density at radius 1 is 1.04 bits per heavy atom. The first-order valence-electron chi connectivity index (χ1n) is 7.45. The van der Waals surface area contributed by atoms with E-state index in [0.717, 1.165) is 11.6 Å². The Kier molecular flexibility index (Phi) is 5.75. The Hall–Kier alpha value is -2.88. The molecular formula is C18H17F3N2O2. The van der Waals surface area contributed by atoms with E-state index < -0.39 is 17.3 Å². The Labute approximate surface area is 143 Å². The molecule has 0 saturated carbocycles. The first kappa shape index (κ1) is 18.5. The number of hydrogen-bond donors (Lipinski definition) is 1. The Morgan fingerprint density at radius 3 is 2.36 bits per heavy atom. The molecular weight excluding hydrogens is 333 g/mol. The van der Waals surface area contributed by atoms with Crippen molar-refractivity contribution in [1.82, 2.24) is 0 Å². The minimum absolute atomic E-state index is 0.312. The smallest absolute Gasteiger partial charge is 0.417 e. The van der Waals surface area contributed by atoms with Gasteiger partial charge in [0, 0.05) is 12.2 Å². The number of alkyl halides is 3. The van der Waals surface area contributed by atoms with Crippen LogP contribution in [-0.4, -0.2) is 20.8 Å². The van der Waals surface area contributed by atoms with Crippen LogP contribution >= 0.6 is 0 Å². The van der Waals surface area contributed by atoms with Crippen molar-refractivity contribution < 1.29 is 22.6 Å². The van der Waals surface area contributed by atoms with E-state index in [-0.39, 0.29) is 0 Å². The molecule has 2 aromatic carbocycles. The van der Waals surface area contributed by atoms with Gasteiger partial charge < -0.3 is 14.8 Å². The topological polar surface area (TPSA) is 54.3 Å². The molecule has 0 aliphatic carbocycles. The maximum atomic E-state index is 13.0. The summed E-state index contributed by atoms with van der Waals surface area (Å²) in [6.07, 6.45) is -3.98. The molecule has 2 aromatic rings. The molecule has 0 bridgehead atoms. The summed E-state index contributed by atoms with van der Waals surface area (Å²) in [6.45, 7) is 0.429. The second kappa shape index (κ2) is 7.79. The van der Waals surface area contributed by atoms with E-state index in [4.69, 9.17) is 14.7 Å². The molecule has 0 saturated heterocycles. The van der Waals surface area contributed by atoms with Crippen LogP contribution in [0.15, 0.2) is 36.4 Å². The van der Waals surface area contributed by atoms with Crippen LogP contribution in [0.4, 0.5) is 18.9 Å². The molecule has 0 amide bonds. The number of methoxy groups -OCH3 is 2. The molecule has 2 rings (SSSR count). The van der Waals surface area contributed by atoms with E-state index >= 15 is 0 Å². The zero-order valence-electron chi connectivity index (χ0n) is 13.8. The highest BCUT2D eigenvalue weighted by Gasteiger charge is 2.33. The van der Waals surface area contributed by atoms with Gasteiger partial charge in [0.05, 0.1) is 31.4 Å². The fourth-order valence-electron chi connectivity index (χ4n) is 2.37. The summed E-state index contributed by atoms with van der Waals surface area (Å²) in [5, 5.41) is 11.7. The van der Waals surface area contributed by atoms with Crippen molar-refractivity contribution in [2.75, 3.05) is 26.1 Å². The number of hydrogen-bond acceptors (Lipinski definition) is 4. The van der Waals surface area contributed by atoms with Crippen molar-refractivity contribution in [3.63, 3.8) is 0 Å². The number of nitrogens with zero attached hydrogens (tertiary/aromatic N) is 1. The number of anilines is 1. The third kappa shape index (κ3) is 4.57. The van der Waals surface area contributed by atoms with E-state index in [0.29, 0.717) is 30.2 Å². The fraction of sp³-hybridized carbons (Fsp3) is 0.278. The van der Waals surface area contributed by atoms with Gasteiger partial charge in [-0.25, -0.2) is 0 Å². The molecule has 25 heavy (non-hydrogen) atoms. The molecule has 0 aliphatic rings. The van der Waals surface area contributed by atoms with Gasteiger partial charge >= 0.3 is 6.18 Å². The average Bonchev–Trinajstić information content (AvgIpc) is 2.60. The van der Waals surface area contributed by atoms with Gasteiger partial charge in [-0.1, -0.05) is 6.07 Å². The number of ether oxygens (including phenoxy) is 2. The fourth-order valence-corrected chi connectivity index (χ4v) is 2.37. The molecule has 0 unspecified atom stereocenters. The van der Waals surface area contributed by atoms with Crippen LogP contribution in [0, 0.1) is 11.3 Å². The van der Waals surface area contributed by atoms with Gasteiger partial charge in [0.2, 0.25) is 0 Å². The lowest BCUT2D eigenvalue weighted by Crippen LogP contribution is -2.10. The van der Waals surface area contributed by atoms with Gasteiger partial charge in [-0.15, -0.1) is 0 Å². The molecule has 0 aromatic heterocycles. The van der Waals surface area contributed by atoms with Crippen LogP contribution in [0.25, 0.3) is 0 Å². The Morgan fingerprint density at radius 2 is 1.76 bits per heavy atom. The van der Waals surface area contributed by atoms with Gasteiger partial charge in [-0.2, -0.15) is 18.4 Å². The van der Waals surface area contributed by atoms with Gasteiger partial charge in [-0.05, 0) is 42.3 Å². The zero-order chi connectivity index (χ0) is 18.4. The quantitative estimate of drug-likeness (QED) is 0.846. The number of benzene rings is 2. The van der Waals surface area contributed by atoms with Crippen LogP contribution in [0.1, 0.15) is 16.7 Å². The van der Waals surface area contributed by atoms with Gasteiger partial charge in [0.15, 0.2) is 11.5 Å². The number of rotatable bonds is 6. The van der Waals surface area contributed by atoms with E-state index in [2.05, 4.69) is 5.32 Å². The van der Waals surface area contributed by atoms with Crippen molar-refractivity contribution in [3.8, 4) is 17.6 Å². The normalized spacial score (nSPS) is 10.9. The van der Waals surface area contributed by atoms with Gasteiger partial charge in [0.1, 0.15) is 0 Å². The first-order chi connectivity index (χ1) is 11.9.